The fourth-order valence-corrected chi connectivity index (χ4v) is 2.38. The van der Waals surface area contributed by atoms with Crippen molar-refractivity contribution in [1.29, 1.82) is 0 Å². The van der Waals surface area contributed by atoms with Gasteiger partial charge in [-0.3, -0.25) is 9.59 Å². The van der Waals surface area contributed by atoms with E-state index in [-0.39, 0.29) is 11.8 Å². The van der Waals surface area contributed by atoms with Crippen molar-refractivity contribution in [2.24, 2.45) is 5.73 Å². The maximum absolute atomic E-state index is 12.0. The molecule has 7 nitrogen and oxygen atoms in total. The third kappa shape index (κ3) is 5.71. The molecule has 1 aliphatic carbocycles. The van der Waals surface area contributed by atoms with E-state index in [0.717, 1.165) is 18.4 Å². The van der Waals surface area contributed by atoms with Gasteiger partial charge in [-0.15, -0.1) is 0 Å². The van der Waals surface area contributed by atoms with Gasteiger partial charge in [-0.05, 0) is 60.9 Å². The number of nitrogens with two attached hydrogens (primary N) is 1. The Morgan fingerprint density at radius 3 is 2.04 bits per heavy atom. The molecule has 4 amide bonds. The highest BCUT2D eigenvalue weighted by atomic mass is 16.2. The first-order valence-corrected chi connectivity index (χ1v) is 8.56. The standard InChI is InChI=1S/C20H20N4O3/c21-20(27)24-17-10-6-15(7-11-17)22-18(25)12-3-13-1-4-14(5-2-13)19(26)23-16-8-9-16/h1-7,10-12,16H,8-9H2,(H,22,25)(H,23,26)(H3,21,24,27)/b12-3+. The molecule has 7 heteroatoms. The number of hydrogen-bond acceptors (Lipinski definition) is 3. The highest BCUT2D eigenvalue weighted by Crippen LogP contribution is 2.19. The number of carbonyl (C=O) groups excluding carboxylic acids is 3. The van der Waals surface area contributed by atoms with Gasteiger partial charge in [0.25, 0.3) is 5.91 Å². The van der Waals surface area contributed by atoms with Crippen LogP contribution in [0.25, 0.3) is 6.08 Å². The summed E-state index contributed by atoms with van der Waals surface area (Å²) in [6, 6.07) is 13.3. The zero-order chi connectivity index (χ0) is 19.2. The Bertz CT molecular complexity index is 869. The topological polar surface area (TPSA) is 113 Å². The number of urea groups is 1. The summed E-state index contributed by atoms with van der Waals surface area (Å²) >= 11 is 0. The lowest BCUT2D eigenvalue weighted by Crippen LogP contribution is -2.25. The van der Waals surface area contributed by atoms with Crippen molar-refractivity contribution in [1.82, 2.24) is 5.32 Å². The monoisotopic (exact) mass is 364 g/mol. The number of rotatable bonds is 6. The van der Waals surface area contributed by atoms with Gasteiger partial charge in [0.1, 0.15) is 0 Å². The molecule has 2 aromatic rings. The summed E-state index contributed by atoms with van der Waals surface area (Å²) in [4.78, 5) is 34.7. The molecule has 1 fully saturated rings. The number of hydrogen-bond donors (Lipinski definition) is 4. The van der Waals surface area contributed by atoms with Crippen LogP contribution in [0.1, 0.15) is 28.8 Å². The van der Waals surface area contributed by atoms with Crippen molar-refractivity contribution < 1.29 is 14.4 Å². The van der Waals surface area contributed by atoms with E-state index in [9.17, 15) is 14.4 Å². The lowest BCUT2D eigenvalue weighted by Gasteiger charge is -2.05. The smallest absolute Gasteiger partial charge is 0.316 e. The summed E-state index contributed by atoms with van der Waals surface area (Å²) in [5.74, 6) is -0.360. The number of nitrogens with one attached hydrogen (secondary N) is 3. The van der Waals surface area contributed by atoms with Crippen molar-refractivity contribution in [3.05, 3.63) is 65.7 Å². The van der Waals surface area contributed by atoms with E-state index < -0.39 is 6.03 Å². The largest absolute Gasteiger partial charge is 0.351 e. The third-order valence-electron chi connectivity index (χ3n) is 3.93. The van der Waals surface area contributed by atoms with Crippen molar-refractivity contribution in [2.45, 2.75) is 18.9 Å². The highest BCUT2D eigenvalue weighted by Gasteiger charge is 2.23. The van der Waals surface area contributed by atoms with Crippen molar-refractivity contribution in [3.63, 3.8) is 0 Å². The fourth-order valence-electron chi connectivity index (χ4n) is 2.38. The number of primary amides is 1. The predicted molar refractivity (Wildman–Crippen MR) is 104 cm³/mol. The fraction of sp³-hybridized carbons (Fsp3) is 0.150. The Kier molecular flexibility index (Phi) is 5.51. The van der Waals surface area contributed by atoms with Crippen LogP contribution >= 0.6 is 0 Å². The number of carbonyl (C=O) groups is 3. The Labute approximate surface area is 156 Å². The normalized spacial score (nSPS) is 13.2. The molecule has 0 heterocycles. The summed E-state index contributed by atoms with van der Waals surface area (Å²) in [6.07, 6.45) is 5.17. The molecule has 0 unspecified atom stereocenters. The molecule has 5 N–H and O–H groups in total. The minimum absolute atomic E-state index is 0.0694. The van der Waals surface area contributed by atoms with Crippen LogP contribution in [-0.4, -0.2) is 23.9 Å². The van der Waals surface area contributed by atoms with Gasteiger partial charge < -0.3 is 21.7 Å². The first-order valence-electron chi connectivity index (χ1n) is 8.56. The summed E-state index contributed by atoms with van der Waals surface area (Å²) in [6.45, 7) is 0. The zero-order valence-corrected chi connectivity index (χ0v) is 14.6. The average Bonchev–Trinajstić information content (AvgIpc) is 3.45. The molecule has 27 heavy (non-hydrogen) atoms. The lowest BCUT2D eigenvalue weighted by molar-refractivity contribution is -0.111. The van der Waals surface area contributed by atoms with Crippen LogP contribution < -0.4 is 21.7 Å². The van der Waals surface area contributed by atoms with Crippen LogP contribution in [0, 0.1) is 0 Å². The minimum Gasteiger partial charge on any atom is -0.351 e. The highest BCUT2D eigenvalue weighted by molar-refractivity contribution is 6.02. The van der Waals surface area contributed by atoms with E-state index in [1.807, 2.05) is 0 Å². The van der Waals surface area contributed by atoms with E-state index in [4.69, 9.17) is 5.73 Å². The summed E-state index contributed by atoms with van der Waals surface area (Å²) in [7, 11) is 0. The van der Waals surface area contributed by atoms with Gasteiger partial charge in [0.05, 0.1) is 0 Å². The van der Waals surface area contributed by atoms with Crippen LogP contribution in [-0.2, 0) is 4.79 Å². The van der Waals surface area contributed by atoms with Crippen molar-refractivity contribution in [3.8, 4) is 0 Å². The number of benzene rings is 2. The average molecular weight is 364 g/mol. The van der Waals surface area contributed by atoms with E-state index in [2.05, 4.69) is 16.0 Å². The minimum atomic E-state index is -0.647. The van der Waals surface area contributed by atoms with Crippen molar-refractivity contribution >= 4 is 35.3 Å². The van der Waals surface area contributed by atoms with Crippen LogP contribution in [0.4, 0.5) is 16.2 Å². The SMILES string of the molecule is NC(=O)Nc1ccc(NC(=O)/C=C/c2ccc(C(=O)NC3CC3)cc2)cc1. The molecule has 0 radical (unpaired) electrons. The van der Waals surface area contributed by atoms with E-state index in [1.54, 1.807) is 54.6 Å². The third-order valence-corrected chi connectivity index (χ3v) is 3.93. The second-order valence-electron chi connectivity index (χ2n) is 6.26. The van der Waals surface area contributed by atoms with Gasteiger partial charge >= 0.3 is 6.03 Å². The molecule has 0 bridgehead atoms. The van der Waals surface area contributed by atoms with Gasteiger partial charge in [0.15, 0.2) is 0 Å². The van der Waals surface area contributed by atoms with Crippen LogP contribution in [0.2, 0.25) is 0 Å². The zero-order valence-electron chi connectivity index (χ0n) is 14.6. The molecule has 0 aromatic heterocycles. The molecule has 0 atom stereocenters. The van der Waals surface area contributed by atoms with Gasteiger partial charge in [-0.2, -0.15) is 0 Å². The molecule has 0 aliphatic heterocycles. The second kappa shape index (κ2) is 8.18. The van der Waals surface area contributed by atoms with Gasteiger partial charge in [-0.1, -0.05) is 12.1 Å². The maximum Gasteiger partial charge on any atom is 0.316 e. The van der Waals surface area contributed by atoms with Gasteiger partial charge in [0, 0.05) is 29.1 Å². The van der Waals surface area contributed by atoms with Crippen LogP contribution in [0.5, 0.6) is 0 Å². The molecular formula is C20H20N4O3. The molecule has 1 saturated carbocycles. The van der Waals surface area contributed by atoms with E-state index in [1.165, 1.54) is 6.08 Å². The first-order chi connectivity index (χ1) is 13.0. The Morgan fingerprint density at radius 1 is 0.889 bits per heavy atom. The predicted octanol–water partition coefficient (Wildman–Crippen LogP) is 2.72. The van der Waals surface area contributed by atoms with Gasteiger partial charge in [-0.25, -0.2) is 4.79 Å². The Morgan fingerprint density at radius 2 is 1.48 bits per heavy atom. The Hall–Kier alpha value is -3.61. The summed E-state index contributed by atoms with van der Waals surface area (Å²) < 4.78 is 0. The molecular weight excluding hydrogens is 344 g/mol. The molecule has 138 valence electrons. The number of anilines is 2. The second-order valence-corrected chi connectivity index (χ2v) is 6.26. The van der Waals surface area contributed by atoms with E-state index in [0.29, 0.717) is 23.0 Å². The molecule has 2 aromatic carbocycles. The lowest BCUT2D eigenvalue weighted by atomic mass is 10.1. The van der Waals surface area contributed by atoms with Gasteiger partial charge in [0.2, 0.25) is 5.91 Å². The first kappa shape index (κ1) is 18.2. The quantitative estimate of drug-likeness (QED) is 0.591. The summed E-state index contributed by atoms with van der Waals surface area (Å²) in [5.41, 5.74) is 7.59. The summed E-state index contributed by atoms with van der Waals surface area (Å²) in [5, 5.41) is 8.09. The number of amides is 4. The molecule has 0 saturated heterocycles. The maximum atomic E-state index is 12.0. The molecule has 0 spiro atoms. The van der Waals surface area contributed by atoms with Crippen molar-refractivity contribution in [2.75, 3.05) is 10.6 Å². The molecule has 1 aliphatic rings. The Balaban J connectivity index is 1.53. The van der Waals surface area contributed by atoms with E-state index >= 15 is 0 Å². The molecule has 3 rings (SSSR count). The van der Waals surface area contributed by atoms with Crippen LogP contribution in [0.15, 0.2) is 54.6 Å². The van der Waals surface area contributed by atoms with Crippen LogP contribution in [0.3, 0.4) is 0 Å².